The van der Waals surface area contributed by atoms with Crippen molar-refractivity contribution in [1.82, 2.24) is 14.5 Å². The number of aryl methyl sites for hydroxylation is 1. The average molecular weight is 388 g/mol. The third-order valence-corrected chi connectivity index (χ3v) is 4.13. The Kier molecular flexibility index (Phi) is 4.79. The van der Waals surface area contributed by atoms with Crippen molar-refractivity contribution in [2.75, 3.05) is 0 Å². The second kappa shape index (κ2) is 6.75. The van der Waals surface area contributed by atoms with Gasteiger partial charge in [-0.2, -0.15) is 18.2 Å². The molecule has 1 unspecified atom stereocenters. The highest BCUT2D eigenvalue weighted by Gasteiger charge is 2.38. The van der Waals surface area contributed by atoms with E-state index in [1.165, 1.54) is 22.8 Å². The number of hydrogen-bond donors (Lipinski definition) is 0. The summed E-state index contributed by atoms with van der Waals surface area (Å²) in [6.45, 7) is 2.77. The zero-order chi connectivity index (χ0) is 19.1. The highest BCUT2D eigenvalue weighted by Crippen LogP contribution is 2.27. The second-order valence-corrected chi connectivity index (χ2v) is 6.18. The summed E-state index contributed by atoms with van der Waals surface area (Å²) in [4.78, 5) is 8.24. The molecule has 0 saturated carbocycles. The Morgan fingerprint density at radius 1 is 1.19 bits per heavy atom. The van der Waals surface area contributed by atoms with Crippen LogP contribution >= 0.6 is 11.6 Å². The molecule has 0 bridgehead atoms. The van der Waals surface area contributed by atoms with E-state index in [-0.39, 0.29) is 29.2 Å². The van der Waals surface area contributed by atoms with Crippen molar-refractivity contribution in [3.63, 3.8) is 0 Å². The van der Waals surface area contributed by atoms with Gasteiger partial charge in [0.2, 0.25) is 11.2 Å². The van der Waals surface area contributed by atoms with Crippen molar-refractivity contribution in [2.45, 2.75) is 32.7 Å². The molecule has 0 spiro atoms. The van der Waals surface area contributed by atoms with E-state index in [0.29, 0.717) is 11.1 Å². The molecule has 1 atom stereocenters. The van der Waals surface area contributed by atoms with Crippen molar-refractivity contribution in [3.05, 3.63) is 52.6 Å². The van der Waals surface area contributed by atoms with Gasteiger partial charge >= 0.3 is 6.18 Å². The topological polar surface area (TPSA) is 39.9 Å². The minimum absolute atomic E-state index is 0.121. The summed E-state index contributed by atoms with van der Waals surface area (Å²) in [5.74, 6) is -0.513. The molecule has 0 aliphatic rings. The SMILES string of the molecule is Cc1cc(Cn2c(Cl)nc3ccc(OC(C)C(F)(F)F)nc32)ccc1F. The van der Waals surface area contributed by atoms with Crippen LogP contribution in [0.2, 0.25) is 5.28 Å². The number of nitrogens with zero attached hydrogens (tertiary/aromatic N) is 3. The summed E-state index contributed by atoms with van der Waals surface area (Å²) in [6.07, 6.45) is -6.50. The fourth-order valence-corrected chi connectivity index (χ4v) is 2.63. The Morgan fingerprint density at radius 2 is 1.92 bits per heavy atom. The molecule has 0 radical (unpaired) electrons. The lowest BCUT2D eigenvalue weighted by Crippen LogP contribution is -2.31. The average Bonchev–Trinajstić information content (AvgIpc) is 2.85. The largest absolute Gasteiger partial charge is 0.465 e. The molecule has 0 N–H and O–H groups in total. The molecule has 4 nitrogen and oxygen atoms in total. The van der Waals surface area contributed by atoms with Gasteiger partial charge in [0.15, 0.2) is 11.8 Å². The van der Waals surface area contributed by atoms with Gasteiger partial charge in [-0.15, -0.1) is 0 Å². The lowest BCUT2D eigenvalue weighted by atomic mass is 10.1. The number of ether oxygens (including phenoxy) is 1. The van der Waals surface area contributed by atoms with E-state index in [4.69, 9.17) is 16.3 Å². The number of imidazole rings is 1. The maximum absolute atomic E-state index is 13.4. The minimum atomic E-state index is -4.50. The second-order valence-electron chi connectivity index (χ2n) is 5.84. The van der Waals surface area contributed by atoms with Crippen LogP contribution < -0.4 is 4.74 Å². The summed E-state index contributed by atoms with van der Waals surface area (Å²) < 4.78 is 57.8. The van der Waals surface area contributed by atoms with Crippen molar-refractivity contribution >= 4 is 22.8 Å². The van der Waals surface area contributed by atoms with Gasteiger partial charge in [0.25, 0.3) is 0 Å². The third-order valence-electron chi connectivity index (χ3n) is 3.84. The zero-order valence-corrected chi connectivity index (χ0v) is 14.6. The summed E-state index contributed by atoms with van der Waals surface area (Å²) in [5, 5.41) is 0.121. The molecular weight excluding hydrogens is 374 g/mol. The van der Waals surface area contributed by atoms with Crippen LogP contribution in [-0.4, -0.2) is 26.8 Å². The molecule has 0 saturated heterocycles. The van der Waals surface area contributed by atoms with Gasteiger partial charge < -0.3 is 4.74 Å². The van der Waals surface area contributed by atoms with Crippen molar-refractivity contribution < 1.29 is 22.3 Å². The maximum atomic E-state index is 13.4. The first-order valence-electron chi connectivity index (χ1n) is 7.66. The lowest BCUT2D eigenvalue weighted by molar-refractivity contribution is -0.189. The molecular formula is C17H14ClF4N3O. The molecule has 9 heteroatoms. The van der Waals surface area contributed by atoms with Crippen LogP contribution in [0.3, 0.4) is 0 Å². The molecule has 3 rings (SSSR count). The normalized spacial score (nSPS) is 13.2. The van der Waals surface area contributed by atoms with Gasteiger partial charge in [0.1, 0.15) is 11.3 Å². The van der Waals surface area contributed by atoms with E-state index in [1.807, 2.05) is 0 Å². The lowest BCUT2D eigenvalue weighted by Gasteiger charge is -2.16. The fourth-order valence-electron chi connectivity index (χ4n) is 2.40. The van der Waals surface area contributed by atoms with Gasteiger partial charge in [-0.1, -0.05) is 12.1 Å². The fraction of sp³-hybridized carbons (Fsp3) is 0.294. The number of fused-ring (bicyclic) bond motifs is 1. The molecule has 3 aromatic rings. The molecule has 0 amide bonds. The molecule has 26 heavy (non-hydrogen) atoms. The van der Waals surface area contributed by atoms with Crippen LogP contribution in [0.5, 0.6) is 5.88 Å². The Morgan fingerprint density at radius 3 is 2.58 bits per heavy atom. The van der Waals surface area contributed by atoms with Gasteiger partial charge in [0, 0.05) is 6.07 Å². The first-order chi connectivity index (χ1) is 12.1. The first kappa shape index (κ1) is 18.4. The van der Waals surface area contributed by atoms with E-state index in [0.717, 1.165) is 12.5 Å². The quantitative estimate of drug-likeness (QED) is 0.597. The summed E-state index contributed by atoms with van der Waals surface area (Å²) >= 11 is 6.14. The van der Waals surface area contributed by atoms with Gasteiger partial charge in [-0.3, -0.25) is 4.57 Å². The predicted molar refractivity (Wildman–Crippen MR) is 88.9 cm³/mol. The molecule has 138 valence electrons. The molecule has 0 aliphatic heterocycles. The highest BCUT2D eigenvalue weighted by molar-refractivity contribution is 6.29. The van der Waals surface area contributed by atoms with Crippen LogP contribution in [0.15, 0.2) is 30.3 Å². The van der Waals surface area contributed by atoms with Crippen LogP contribution in [0.1, 0.15) is 18.1 Å². The van der Waals surface area contributed by atoms with Crippen LogP contribution in [0.25, 0.3) is 11.2 Å². The van der Waals surface area contributed by atoms with Gasteiger partial charge in [-0.25, -0.2) is 9.37 Å². The highest BCUT2D eigenvalue weighted by atomic mass is 35.5. The molecule has 0 fully saturated rings. The molecule has 2 aromatic heterocycles. The monoisotopic (exact) mass is 387 g/mol. The number of benzene rings is 1. The first-order valence-corrected chi connectivity index (χ1v) is 8.04. The number of alkyl halides is 3. The minimum Gasteiger partial charge on any atom is -0.465 e. The summed E-state index contributed by atoms with van der Waals surface area (Å²) in [5.41, 5.74) is 1.92. The van der Waals surface area contributed by atoms with Crippen molar-refractivity contribution in [2.24, 2.45) is 0 Å². The smallest absolute Gasteiger partial charge is 0.425 e. The maximum Gasteiger partial charge on any atom is 0.425 e. The Bertz CT molecular complexity index is 955. The van der Waals surface area contributed by atoms with Crippen molar-refractivity contribution in [3.8, 4) is 5.88 Å². The Labute approximate surface area is 151 Å². The van der Waals surface area contributed by atoms with E-state index >= 15 is 0 Å². The standard InChI is InChI=1S/C17H14ClF4N3O/c1-9-7-11(3-4-12(9)19)8-25-15-13(23-16(25)18)5-6-14(24-15)26-10(2)17(20,21)22/h3-7,10H,8H2,1-2H3. The third kappa shape index (κ3) is 3.75. The van der Waals surface area contributed by atoms with Gasteiger partial charge in [-0.05, 0) is 48.7 Å². The molecule has 2 heterocycles. The Balaban J connectivity index is 1.95. The summed E-state index contributed by atoms with van der Waals surface area (Å²) in [7, 11) is 0. The van der Waals surface area contributed by atoms with Crippen molar-refractivity contribution in [1.29, 1.82) is 0 Å². The predicted octanol–water partition coefficient (Wildman–Crippen LogP) is 4.91. The Hall–Kier alpha value is -2.35. The number of hydrogen-bond acceptors (Lipinski definition) is 3. The number of rotatable bonds is 4. The van der Waals surface area contributed by atoms with Crippen LogP contribution in [0, 0.1) is 12.7 Å². The summed E-state index contributed by atoms with van der Waals surface area (Å²) in [6, 6.07) is 7.38. The molecule has 0 aliphatic carbocycles. The van der Waals surface area contributed by atoms with E-state index in [2.05, 4.69) is 9.97 Å². The zero-order valence-electron chi connectivity index (χ0n) is 13.8. The van der Waals surface area contributed by atoms with Gasteiger partial charge in [0.05, 0.1) is 6.54 Å². The van der Waals surface area contributed by atoms with E-state index < -0.39 is 12.3 Å². The molecule has 1 aromatic carbocycles. The number of halogens is 5. The number of aromatic nitrogens is 3. The van der Waals surface area contributed by atoms with E-state index in [9.17, 15) is 17.6 Å². The number of pyridine rings is 1. The van der Waals surface area contributed by atoms with E-state index in [1.54, 1.807) is 19.1 Å². The van der Waals surface area contributed by atoms with Crippen LogP contribution in [-0.2, 0) is 6.54 Å². The van der Waals surface area contributed by atoms with Crippen LogP contribution in [0.4, 0.5) is 17.6 Å².